The van der Waals surface area contributed by atoms with Crippen molar-refractivity contribution < 1.29 is 95.8 Å². The maximum absolute atomic E-state index is 11.3. The number of carbonyl (C=O) groups excluding carboxylic acids is 4. The molecule has 16 heteroatoms. The average molecular weight is 500 g/mol. The summed E-state index contributed by atoms with van der Waals surface area (Å²) in [6, 6.07) is 0. The second kappa shape index (κ2) is 20.6. The number of hydrogen-bond acceptors (Lipinski definition) is 11. The Hall–Kier alpha value is 2.30. The van der Waals surface area contributed by atoms with Crippen LogP contribution in [0.25, 0.3) is 0 Å². The molecule has 0 aromatic heterocycles. The Morgan fingerprint density at radius 1 is 0.731 bits per heavy atom. The van der Waals surface area contributed by atoms with Crippen molar-refractivity contribution in [2.45, 2.75) is 0 Å². The summed E-state index contributed by atoms with van der Waals surface area (Å²) in [5, 5.41) is 0. The Labute approximate surface area is 216 Å². The van der Waals surface area contributed by atoms with Crippen molar-refractivity contribution in [1.29, 1.82) is 0 Å². The van der Waals surface area contributed by atoms with Crippen LogP contribution in [0.5, 0.6) is 0 Å². The van der Waals surface area contributed by atoms with Gasteiger partial charge in [-0.05, 0) is 11.1 Å². The molecule has 0 aromatic rings. The van der Waals surface area contributed by atoms with Crippen molar-refractivity contribution in [3.05, 3.63) is 0 Å². The minimum absolute atomic E-state index is 0. The second-order valence-corrected chi connectivity index (χ2v) is 10.8. The van der Waals surface area contributed by atoms with Crippen molar-refractivity contribution in [1.82, 2.24) is 0 Å². The van der Waals surface area contributed by atoms with Crippen LogP contribution >= 0.6 is 43.2 Å². The first kappa shape index (κ1) is 33.0. The average Bonchev–Trinajstić information content (AvgIpc) is 2.47. The van der Waals surface area contributed by atoms with Crippen LogP contribution in [0.4, 0.5) is 0 Å². The zero-order valence-corrected chi connectivity index (χ0v) is 22.9. The maximum Gasteiger partial charge on any atom is 1.00 e. The van der Waals surface area contributed by atoms with E-state index in [9.17, 15) is 32.1 Å². The quantitative estimate of drug-likeness (QED) is 0.0753. The van der Waals surface area contributed by atoms with Crippen molar-refractivity contribution in [3.8, 4) is 0 Å². The summed E-state index contributed by atoms with van der Waals surface area (Å²) in [6.07, 6.45) is 0. The van der Waals surface area contributed by atoms with Gasteiger partial charge in [0.2, 0.25) is 23.1 Å². The van der Waals surface area contributed by atoms with Gasteiger partial charge < -0.3 is 9.11 Å². The van der Waals surface area contributed by atoms with Crippen LogP contribution in [0.1, 0.15) is 0 Å². The Kier molecular flexibility index (Phi) is 26.1. The first-order chi connectivity index (χ1) is 11.2. The van der Waals surface area contributed by atoms with E-state index in [1.165, 1.54) is 21.6 Å². The molecule has 0 bridgehead atoms. The van der Waals surface area contributed by atoms with Crippen LogP contribution in [0.2, 0.25) is 0 Å². The number of rotatable bonds is 15. The Morgan fingerprint density at radius 3 is 1.46 bits per heavy atom. The maximum atomic E-state index is 11.3. The van der Waals surface area contributed by atoms with Crippen molar-refractivity contribution in [3.63, 3.8) is 0 Å². The summed E-state index contributed by atoms with van der Waals surface area (Å²) in [7, 11) is 4.93. The molecule has 0 heterocycles. The molecule has 2 atom stereocenters. The number of Topliss-reactive ketones (excluding diaryl/α,β-unsaturated/α-hetero) is 4. The number of carbonyl (C=O) groups is 4. The standard InChI is InChI=1S/C10H14O8S6.2Na/c11-7(9(13)5-23(15)16)3-21-19-1-2-20-22-4-8(12)10(14)6-24(17)18;;/h1-6H2,(H,15,16)(H,17,18);;/q;2*+1/p-1. The van der Waals surface area contributed by atoms with Gasteiger partial charge in [0.15, 0.2) is 11.1 Å². The normalized spacial score (nSPS) is 12.2. The summed E-state index contributed by atoms with van der Waals surface area (Å²) < 4.78 is 39.4. The van der Waals surface area contributed by atoms with Crippen molar-refractivity contribution in [2.75, 3.05) is 34.5 Å². The molecule has 0 radical (unpaired) electrons. The van der Waals surface area contributed by atoms with Gasteiger partial charge in [-0.25, -0.2) is 4.21 Å². The molecule has 0 spiro atoms. The van der Waals surface area contributed by atoms with Crippen LogP contribution in [0.3, 0.4) is 0 Å². The topological polar surface area (TPSA) is 146 Å². The van der Waals surface area contributed by atoms with E-state index in [2.05, 4.69) is 0 Å². The van der Waals surface area contributed by atoms with Gasteiger partial charge in [-0.1, -0.05) is 43.2 Å². The third-order valence-corrected chi connectivity index (χ3v) is 7.73. The predicted octanol–water partition coefficient (Wildman–Crippen LogP) is -5.87. The minimum atomic E-state index is -2.56. The molecule has 0 aliphatic rings. The predicted molar refractivity (Wildman–Crippen MR) is 99.3 cm³/mol. The van der Waals surface area contributed by atoms with Gasteiger partial charge in [0, 0.05) is 11.5 Å². The van der Waals surface area contributed by atoms with Gasteiger partial charge in [0.25, 0.3) is 0 Å². The van der Waals surface area contributed by atoms with Gasteiger partial charge in [-0.15, -0.1) is 0 Å². The SMILES string of the molecule is O=C(CSSCCSSCC(=O)C(=O)CS(=O)O)C(=O)CS(=O)[O-].[Na+].[Na+]. The minimum Gasteiger partial charge on any atom is -0.772 e. The number of hydrogen-bond donors (Lipinski definition) is 1. The van der Waals surface area contributed by atoms with E-state index in [-0.39, 0.29) is 70.6 Å². The fourth-order valence-corrected chi connectivity index (χ4v) is 6.23. The summed E-state index contributed by atoms with van der Waals surface area (Å²) in [6.45, 7) is 0. The molecule has 0 saturated carbocycles. The molecule has 0 amide bonds. The van der Waals surface area contributed by atoms with E-state index in [4.69, 9.17) is 4.55 Å². The van der Waals surface area contributed by atoms with Gasteiger partial charge in [0.05, 0.1) is 17.3 Å². The van der Waals surface area contributed by atoms with E-state index >= 15 is 0 Å². The molecule has 0 saturated heterocycles. The largest absolute Gasteiger partial charge is 1.00 e. The van der Waals surface area contributed by atoms with E-state index in [0.717, 1.165) is 21.6 Å². The first-order valence-electron chi connectivity index (χ1n) is 5.98. The van der Waals surface area contributed by atoms with Crippen LogP contribution < -0.4 is 59.1 Å². The Bertz CT molecular complexity index is 486. The fourth-order valence-electron chi connectivity index (χ4n) is 0.917. The summed E-state index contributed by atoms with van der Waals surface area (Å²) in [5.41, 5.74) is 0. The van der Waals surface area contributed by atoms with Crippen molar-refractivity contribution >= 4 is 88.5 Å². The zero-order chi connectivity index (χ0) is 18.5. The third-order valence-electron chi connectivity index (χ3n) is 1.92. The molecular formula is C10H13Na2O8S6+. The van der Waals surface area contributed by atoms with Crippen LogP contribution in [0.15, 0.2) is 0 Å². The molecule has 0 aliphatic heterocycles. The summed E-state index contributed by atoms with van der Waals surface area (Å²) >= 11 is -4.88. The van der Waals surface area contributed by atoms with E-state index in [0.29, 0.717) is 11.5 Å². The van der Waals surface area contributed by atoms with Crippen LogP contribution in [-0.4, -0.2) is 75.2 Å². The van der Waals surface area contributed by atoms with Crippen LogP contribution in [0, 0.1) is 0 Å². The number of ketones is 4. The van der Waals surface area contributed by atoms with E-state index < -0.39 is 56.8 Å². The summed E-state index contributed by atoms with van der Waals surface area (Å²) in [4.78, 5) is 44.7. The molecule has 8 nitrogen and oxygen atoms in total. The fraction of sp³-hybridized carbons (Fsp3) is 0.600. The van der Waals surface area contributed by atoms with Gasteiger partial charge in [0.1, 0.15) is 5.75 Å². The molecular weight excluding hydrogens is 486 g/mol. The molecule has 0 aromatic carbocycles. The zero-order valence-electron chi connectivity index (χ0n) is 14.0. The van der Waals surface area contributed by atoms with E-state index in [1.54, 1.807) is 0 Å². The van der Waals surface area contributed by atoms with Gasteiger partial charge >= 0.3 is 59.1 Å². The Morgan fingerprint density at radius 2 is 1.12 bits per heavy atom. The Balaban J connectivity index is -0.00000264. The molecule has 0 rings (SSSR count). The molecule has 0 aliphatic carbocycles. The second-order valence-electron chi connectivity index (χ2n) is 3.77. The van der Waals surface area contributed by atoms with Gasteiger partial charge in [-0.3, -0.25) is 23.4 Å². The van der Waals surface area contributed by atoms with Gasteiger partial charge in [-0.2, -0.15) is 0 Å². The monoisotopic (exact) mass is 499 g/mol. The van der Waals surface area contributed by atoms with Crippen molar-refractivity contribution in [2.24, 2.45) is 0 Å². The molecule has 2 unspecified atom stereocenters. The smallest absolute Gasteiger partial charge is 0.772 e. The molecule has 26 heavy (non-hydrogen) atoms. The molecule has 138 valence electrons. The molecule has 0 fully saturated rings. The first-order valence-corrected chi connectivity index (χ1v) is 13.5. The third kappa shape index (κ3) is 19.6. The van der Waals surface area contributed by atoms with Crippen LogP contribution in [-0.2, 0) is 41.3 Å². The summed E-state index contributed by atoms with van der Waals surface area (Å²) in [5.74, 6) is -3.73. The molecule has 1 N–H and O–H groups in total. The van der Waals surface area contributed by atoms with E-state index in [1.807, 2.05) is 0 Å².